The zero-order chi connectivity index (χ0) is 19.5. The van der Waals surface area contributed by atoms with Crippen molar-refractivity contribution in [3.05, 3.63) is 41.0 Å². The van der Waals surface area contributed by atoms with Crippen molar-refractivity contribution in [3.63, 3.8) is 0 Å². The molecular formula is C20H23N3O5. The molecule has 1 amide bonds. The number of rotatable bonds is 7. The van der Waals surface area contributed by atoms with Gasteiger partial charge in [0.25, 0.3) is 0 Å². The minimum absolute atomic E-state index is 0.0874. The summed E-state index contributed by atoms with van der Waals surface area (Å²) in [5, 5.41) is 16.2. The predicted molar refractivity (Wildman–Crippen MR) is 98.0 cm³/mol. The molecule has 2 aliphatic rings. The van der Waals surface area contributed by atoms with Crippen LogP contribution in [0.3, 0.4) is 0 Å². The highest BCUT2D eigenvalue weighted by atomic mass is 16.5. The van der Waals surface area contributed by atoms with Crippen molar-refractivity contribution in [2.75, 3.05) is 6.61 Å². The highest BCUT2D eigenvalue weighted by Crippen LogP contribution is 2.32. The number of ether oxygens (including phenoxy) is 1. The Morgan fingerprint density at radius 1 is 1.29 bits per heavy atom. The van der Waals surface area contributed by atoms with Crippen LogP contribution in [0.4, 0.5) is 0 Å². The molecule has 2 aromatic rings. The molecule has 1 saturated carbocycles. The summed E-state index contributed by atoms with van der Waals surface area (Å²) in [5.41, 5.74) is 1.50. The molecule has 1 fully saturated rings. The summed E-state index contributed by atoms with van der Waals surface area (Å²) >= 11 is 0. The molecule has 4 rings (SSSR count). The Kier molecular flexibility index (Phi) is 5.27. The Bertz CT molecular complexity index is 872. The van der Waals surface area contributed by atoms with Gasteiger partial charge in [0.15, 0.2) is 11.9 Å². The molecule has 8 heteroatoms. The van der Waals surface area contributed by atoms with Gasteiger partial charge in [-0.15, -0.1) is 0 Å². The van der Waals surface area contributed by atoms with Crippen molar-refractivity contribution in [3.8, 4) is 5.75 Å². The number of hydrogen-bond acceptors (Lipinski definition) is 6. The third-order valence-electron chi connectivity index (χ3n) is 5.37. The number of fused-ring (bicyclic) bond motifs is 1. The van der Waals surface area contributed by atoms with E-state index in [1.807, 2.05) is 0 Å². The third kappa shape index (κ3) is 4.00. The first-order chi connectivity index (χ1) is 13.6. The second-order valence-corrected chi connectivity index (χ2v) is 7.33. The van der Waals surface area contributed by atoms with Gasteiger partial charge in [-0.25, -0.2) is 4.79 Å². The topological polar surface area (TPSA) is 115 Å². The second-order valence-electron chi connectivity index (χ2n) is 7.33. The molecule has 2 heterocycles. The summed E-state index contributed by atoms with van der Waals surface area (Å²) in [4.78, 5) is 28.4. The molecule has 1 aliphatic heterocycles. The van der Waals surface area contributed by atoms with Crippen molar-refractivity contribution in [1.82, 2.24) is 15.5 Å². The predicted octanol–water partition coefficient (Wildman–Crippen LogP) is 2.54. The lowest BCUT2D eigenvalue weighted by molar-refractivity contribution is -0.142. The third-order valence-corrected chi connectivity index (χ3v) is 5.37. The Hall–Kier alpha value is -2.90. The number of aromatic nitrogens is 2. The maximum atomic E-state index is 12.3. The van der Waals surface area contributed by atoms with Crippen molar-refractivity contribution >= 4 is 11.9 Å². The normalized spacial score (nSPS) is 17.1. The maximum Gasteiger partial charge on any atom is 0.330 e. The van der Waals surface area contributed by atoms with Crippen molar-refractivity contribution in [2.45, 2.75) is 56.9 Å². The van der Waals surface area contributed by atoms with Crippen LogP contribution in [0, 0.1) is 0 Å². The van der Waals surface area contributed by atoms with Crippen LogP contribution in [0.2, 0.25) is 0 Å². The standard InChI is InChI=1S/C20H23N3O5/c24-16(7-8-17-22-19(23-28-17)12-3-1-2-4-12)21-18(20(25)26)14-5-6-15-13(11-14)9-10-27-15/h5-6,11-12,18H,1-4,7-10H2,(H,21,24)(H,25,26). The van der Waals surface area contributed by atoms with E-state index in [1.165, 1.54) is 12.8 Å². The first-order valence-electron chi connectivity index (χ1n) is 9.70. The number of benzene rings is 1. The number of hydrogen-bond donors (Lipinski definition) is 2. The molecule has 1 unspecified atom stereocenters. The molecule has 0 bridgehead atoms. The SMILES string of the molecule is O=C(CCc1nc(C2CCCC2)no1)NC(C(=O)O)c1ccc2c(c1)CCO2. The van der Waals surface area contributed by atoms with Gasteiger partial charge < -0.3 is 19.7 Å². The fourth-order valence-electron chi connectivity index (χ4n) is 3.85. The van der Waals surface area contributed by atoms with E-state index >= 15 is 0 Å². The summed E-state index contributed by atoms with van der Waals surface area (Å²) in [5.74, 6) is 0.786. The lowest BCUT2D eigenvalue weighted by Gasteiger charge is -2.15. The summed E-state index contributed by atoms with van der Waals surface area (Å²) in [6.07, 6.45) is 5.63. The van der Waals surface area contributed by atoms with Crippen LogP contribution < -0.4 is 10.1 Å². The van der Waals surface area contributed by atoms with Gasteiger partial charge in [-0.2, -0.15) is 4.98 Å². The number of aliphatic carboxylic acids is 1. The number of carboxylic acids is 1. The molecule has 8 nitrogen and oxygen atoms in total. The minimum atomic E-state index is -1.10. The van der Waals surface area contributed by atoms with Gasteiger partial charge in [0, 0.05) is 25.2 Å². The van der Waals surface area contributed by atoms with E-state index in [-0.39, 0.29) is 18.7 Å². The van der Waals surface area contributed by atoms with Crippen LogP contribution in [0.25, 0.3) is 0 Å². The molecule has 1 atom stereocenters. The molecule has 1 aliphatic carbocycles. The molecule has 148 valence electrons. The number of amides is 1. The van der Waals surface area contributed by atoms with E-state index in [2.05, 4.69) is 15.5 Å². The molecule has 1 aromatic heterocycles. The van der Waals surface area contributed by atoms with Gasteiger partial charge in [0.2, 0.25) is 11.8 Å². The summed E-state index contributed by atoms with van der Waals surface area (Å²) in [6.45, 7) is 0.593. The number of nitrogens with zero attached hydrogens (tertiary/aromatic N) is 2. The van der Waals surface area contributed by atoms with Crippen LogP contribution in [-0.4, -0.2) is 33.7 Å². The average molecular weight is 385 g/mol. The van der Waals surface area contributed by atoms with Crippen molar-refractivity contribution < 1.29 is 24.0 Å². The van der Waals surface area contributed by atoms with E-state index in [1.54, 1.807) is 18.2 Å². The molecule has 0 spiro atoms. The van der Waals surface area contributed by atoms with Crippen molar-refractivity contribution in [2.24, 2.45) is 0 Å². The molecular weight excluding hydrogens is 362 g/mol. The molecule has 0 radical (unpaired) electrons. The largest absolute Gasteiger partial charge is 0.493 e. The van der Waals surface area contributed by atoms with E-state index < -0.39 is 12.0 Å². The molecule has 28 heavy (non-hydrogen) atoms. The van der Waals surface area contributed by atoms with Crippen LogP contribution in [0.15, 0.2) is 22.7 Å². The fourth-order valence-corrected chi connectivity index (χ4v) is 3.85. The van der Waals surface area contributed by atoms with Gasteiger partial charge in [0.05, 0.1) is 6.61 Å². The maximum absolute atomic E-state index is 12.3. The smallest absolute Gasteiger partial charge is 0.330 e. The van der Waals surface area contributed by atoms with E-state index in [0.717, 1.165) is 36.4 Å². The minimum Gasteiger partial charge on any atom is -0.493 e. The average Bonchev–Trinajstić information content (AvgIpc) is 3.44. The van der Waals surface area contributed by atoms with Gasteiger partial charge in [-0.3, -0.25) is 4.79 Å². The Morgan fingerprint density at radius 2 is 2.11 bits per heavy atom. The fraction of sp³-hybridized carbons (Fsp3) is 0.500. The first-order valence-corrected chi connectivity index (χ1v) is 9.70. The zero-order valence-electron chi connectivity index (χ0n) is 15.5. The second kappa shape index (κ2) is 8.00. The van der Waals surface area contributed by atoms with Gasteiger partial charge in [-0.1, -0.05) is 24.1 Å². The lowest BCUT2D eigenvalue weighted by atomic mass is 10.0. The number of nitrogens with one attached hydrogen (secondary N) is 1. The number of carbonyl (C=O) groups is 2. The summed E-state index contributed by atoms with van der Waals surface area (Å²) in [7, 11) is 0. The van der Waals surface area contributed by atoms with Gasteiger partial charge in [0.1, 0.15) is 5.75 Å². The first kappa shape index (κ1) is 18.5. The van der Waals surface area contributed by atoms with Crippen LogP contribution in [0.1, 0.15) is 66.9 Å². The quantitative estimate of drug-likeness (QED) is 0.752. The van der Waals surface area contributed by atoms with Crippen LogP contribution >= 0.6 is 0 Å². The van der Waals surface area contributed by atoms with Crippen molar-refractivity contribution in [1.29, 1.82) is 0 Å². The lowest BCUT2D eigenvalue weighted by Crippen LogP contribution is -2.33. The number of aryl methyl sites for hydroxylation is 1. The zero-order valence-corrected chi connectivity index (χ0v) is 15.5. The number of carboxylic acid groups (broad SMARTS) is 1. The highest BCUT2D eigenvalue weighted by molar-refractivity contribution is 5.84. The number of carbonyl (C=O) groups excluding carboxylic acids is 1. The van der Waals surface area contributed by atoms with Crippen LogP contribution in [-0.2, 0) is 22.4 Å². The van der Waals surface area contributed by atoms with Crippen LogP contribution in [0.5, 0.6) is 5.75 Å². The highest BCUT2D eigenvalue weighted by Gasteiger charge is 2.25. The summed E-state index contributed by atoms with van der Waals surface area (Å²) in [6, 6.07) is 4.11. The van der Waals surface area contributed by atoms with Gasteiger partial charge in [-0.05, 0) is 36.1 Å². The van der Waals surface area contributed by atoms with E-state index in [0.29, 0.717) is 24.0 Å². The Balaban J connectivity index is 1.35. The molecule has 1 aromatic carbocycles. The monoisotopic (exact) mass is 385 g/mol. The van der Waals surface area contributed by atoms with Gasteiger partial charge >= 0.3 is 5.97 Å². The van der Waals surface area contributed by atoms with E-state index in [9.17, 15) is 14.7 Å². The molecule has 2 N–H and O–H groups in total. The van der Waals surface area contributed by atoms with E-state index in [4.69, 9.17) is 9.26 Å². The Morgan fingerprint density at radius 3 is 2.89 bits per heavy atom. The molecule has 0 saturated heterocycles. The summed E-state index contributed by atoms with van der Waals surface area (Å²) < 4.78 is 10.7. The Labute approximate surface area is 162 Å².